The van der Waals surface area contributed by atoms with Crippen LogP contribution in [0.4, 0.5) is 15.3 Å². The maximum absolute atomic E-state index is 14.8. The molecule has 30 heteroatoms. The monoisotopic (exact) mass is 1470 g/mol. The van der Waals surface area contributed by atoms with Crippen molar-refractivity contribution in [1.82, 2.24) is 51.5 Å². The summed E-state index contributed by atoms with van der Waals surface area (Å²) in [6.45, 7) is 19.5. The number of nitrogens with one attached hydrogen (secondary N) is 7. The average Bonchev–Trinajstić information content (AvgIpc) is 1.76. The van der Waals surface area contributed by atoms with Crippen molar-refractivity contribution >= 4 is 76.9 Å². The largest absolute Gasteiger partial charge is 0.445 e. The molecule has 0 saturated carbocycles. The number of hydrogen-bond acceptors (Lipinski definition) is 18. The summed E-state index contributed by atoms with van der Waals surface area (Å²) in [7, 11) is 6.07. The summed E-state index contributed by atoms with van der Waals surface area (Å²) >= 11 is 0. The van der Waals surface area contributed by atoms with Gasteiger partial charge in [0.25, 0.3) is 11.8 Å². The van der Waals surface area contributed by atoms with Crippen LogP contribution in [0.25, 0.3) is 0 Å². The van der Waals surface area contributed by atoms with Crippen LogP contribution in [0.15, 0.2) is 66.7 Å². The lowest BCUT2D eigenvalue weighted by Crippen LogP contribution is -2.60. The molecule has 2 aliphatic heterocycles. The Morgan fingerprint density at radius 1 is 0.657 bits per heavy atom. The molecule has 1 fully saturated rings. The smallest absolute Gasteiger partial charge is 0.410 e. The van der Waals surface area contributed by atoms with Gasteiger partial charge in [-0.15, -0.1) is 0 Å². The molecule has 10 N–H and O–H groups in total. The van der Waals surface area contributed by atoms with E-state index in [4.69, 9.17) is 29.4 Å². The number of carbonyl (C=O) groups is 12. The standard InChI is InChI=1S/C75H118N12O18/c1-15-49(8)66(57(101-13)44-62(92)86-39-23-27-56(86)68(102-14)50(9)69(94)79-51(10)67(93)53-24-18-16-19-25-53)84(11)73(98)64(47(4)5)83-72(97)65(48(6)7)85(12)75(100)105-45-52-29-31-54(32-30-52)80-70(95)55(26-22-36-78-74(76)99)81-71(96)63(46(2)3)82-59(89)35-40-103-42-43-104-41-37-77-58(88)28-20-17-21-38-87-60(90)33-34-61(87)91/h16,18-19,24-25,29-34,46-51,55-57,63-68,93H,15,17,20-23,26-28,35-45H2,1-14H3,(H,77,88)(H,79,94)(H,80,95)(H,81,96)(H,82,89)(H,83,97)(H3,76,78,99)/t49-,50+,51+,55-,56-,57+,63-,64-,65-,66-,67+,68+/m0/s1. The third-order valence-corrected chi connectivity index (χ3v) is 19.1. The average molecular weight is 1480 g/mol. The van der Waals surface area contributed by atoms with E-state index in [0.717, 1.165) is 0 Å². The summed E-state index contributed by atoms with van der Waals surface area (Å²) in [5.41, 5.74) is 6.77. The van der Waals surface area contributed by atoms with Crippen molar-refractivity contribution in [3.63, 3.8) is 0 Å². The van der Waals surface area contributed by atoms with E-state index in [2.05, 4.69) is 37.2 Å². The van der Waals surface area contributed by atoms with Crippen LogP contribution in [-0.2, 0) is 78.2 Å². The van der Waals surface area contributed by atoms with Crippen LogP contribution in [0.5, 0.6) is 0 Å². The maximum atomic E-state index is 14.8. The number of nitrogens with two attached hydrogens (primary N) is 1. The second-order valence-electron chi connectivity index (χ2n) is 28.1. The number of likely N-dealkylation sites (N-methyl/N-ethyl adjacent to an activating group) is 2. The number of amides is 13. The van der Waals surface area contributed by atoms with Crippen LogP contribution >= 0.6 is 0 Å². The number of aliphatic hydroxyl groups excluding tert-OH is 1. The van der Waals surface area contributed by atoms with Crippen molar-refractivity contribution in [2.24, 2.45) is 35.3 Å². The van der Waals surface area contributed by atoms with Crippen LogP contribution in [-0.4, -0.2) is 231 Å². The van der Waals surface area contributed by atoms with E-state index >= 15 is 0 Å². The van der Waals surface area contributed by atoms with Gasteiger partial charge >= 0.3 is 12.1 Å². The Kier molecular flexibility index (Phi) is 38.7. The second-order valence-corrected chi connectivity index (χ2v) is 28.1. The highest BCUT2D eigenvalue weighted by Gasteiger charge is 2.44. The fourth-order valence-electron chi connectivity index (χ4n) is 12.9. The first-order chi connectivity index (χ1) is 49.9. The number of unbranched alkanes of at least 4 members (excludes halogenated alkanes) is 2. The minimum Gasteiger partial charge on any atom is -0.445 e. The van der Waals surface area contributed by atoms with Crippen LogP contribution in [0.2, 0.25) is 0 Å². The number of nitrogens with zero attached hydrogens (tertiary/aromatic N) is 4. The topological polar surface area (TPSA) is 394 Å². The highest BCUT2D eigenvalue weighted by atomic mass is 16.6. The molecule has 0 aliphatic carbocycles. The summed E-state index contributed by atoms with van der Waals surface area (Å²) in [6, 6.07) is 8.61. The number of ether oxygens (including phenoxy) is 5. The predicted octanol–water partition coefficient (Wildman–Crippen LogP) is 4.62. The van der Waals surface area contributed by atoms with E-state index in [9.17, 15) is 62.6 Å². The number of aliphatic hydroxyl groups is 1. The van der Waals surface area contributed by atoms with Crippen LogP contribution in [0.1, 0.15) is 157 Å². The zero-order chi connectivity index (χ0) is 78.0. The SMILES string of the molecule is CC[C@H](C)[C@@H]([C@@H](CC(=O)N1CCC[C@H]1[C@H](OC)[C@@H](C)C(=O)N[C@H](C)[C@@H](O)c1ccccc1)OC)N(C)C(=O)[C@@H](NC(=O)[C@H](C(C)C)N(C)C(=O)OCc1ccc(NC(=O)[C@H](CCCNC(N)=O)NC(=O)[C@@H](NC(=O)CCOCCOCCNC(=O)CCCCCN2C(=O)C=CC2=O)C(C)C)cc1)C(C)C. The number of likely N-dealkylation sites (tertiary alicyclic amines) is 1. The van der Waals surface area contributed by atoms with Crippen molar-refractivity contribution in [3.05, 3.63) is 77.9 Å². The number of hydrogen-bond donors (Lipinski definition) is 9. The van der Waals surface area contributed by atoms with Crippen molar-refractivity contribution in [2.75, 3.05) is 86.2 Å². The van der Waals surface area contributed by atoms with Gasteiger partial charge in [0.15, 0.2) is 0 Å². The van der Waals surface area contributed by atoms with Crippen LogP contribution < -0.4 is 43.0 Å². The van der Waals surface area contributed by atoms with Gasteiger partial charge in [0.05, 0.1) is 75.2 Å². The molecule has 2 aromatic rings. The van der Waals surface area contributed by atoms with Gasteiger partial charge in [-0.2, -0.15) is 0 Å². The summed E-state index contributed by atoms with van der Waals surface area (Å²) in [5.74, 6) is -6.26. The Hall–Kier alpha value is -8.58. The number of anilines is 1. The number of imide groups is 1. The van der Waals surface area contributed by atoms with E-state index in [0.29, 0.717) is 74.8 Å². The normalized spacial score (nSPS) is 16.8. The molecule has 0 radical (unpaired) electrons. The molecular formula is C75H118N12O18. The molecule has 0 bridgehead atoms. The van der Waals surface area contributed by atoms with E-state index in [1.807, 2.05) is 32.0 Å². The molecule has 0 aromatic heterocycles. The molecule has 586 valence electrons. The van der Waals surface area contributed by atoms with Gasteiger partial charge in [0, 0.05) is 85.2 Å². The lowest BCUT2D eigenvalue weighted by Gasteiger charge is -2.41. The van der Waals surface area contributed by atoms with Gasteiger partial charge in [-0.1, -0.05) is 118 Å². The van der Waals surface area contributed by atoms with Gasteiger partial charge in [-0.3, -0.25) is 57.7 Å². The lowest BCUT2D eigenvalue weighted by molar-refractivity contribution is -0.148. The van der Waals surface area contributed by atoms with Crippen molar-refractivity contribution in [2.45, 2.75) is 207 Å². The van der Waals surface area contributed by atoms with E-state index in [1.54, 1.807) is 109 Å². The molecule has 1 saturated heterocycles. The summed E-state index contributed by atoms with van der Waals surface area (Å²) in [4.78, 5) is 165. The zero-order valence-corrected chi connectivity index (χ0v) is 63.9. The van der Waals surface area contributed by atoms with Gasteiger partial charge in [-0.25, -0.2) is 9.59 Å². The van der Waals surface area contributed by atoms with Crippen molar-refractivity contribution in [1.29, 1.82) is 0 Å². The number of benzene rings is 2. The molecular weight excluding hydrogens is 1360 g/mol. The first-order valence-electron chi connectivity index (χ1n) is 36.7. The fraction of sp³-hybridized carbons (Fsp3) is 0.653. The molecule has 13 amide bonds. The first-order valence-corrected chi connectivity index (χ1v) is 36.7. The van der Waals surface area contributed by atoms with Gasteiger partial charge in [0.2, 0.25) is 47.3 Å². The Balaban J connectivity index is 1.29. The molecule has 2 aliphatic rings. The Bertz CT molecular complexity index is 3160. The van der Waals surface area contributed by atoms with Crippen LogP contribution in [0.3, 0.4) is 0 Å². The highest BCUT2D eigenvalue weighted by molar-refractivity contribution is 6.12. The fourth-order valence-corrected chi connectivity index (χ4v) is 12.9. The highest BCUT2D eigenvalue weighted by Crippen LogP contribution is 2.31. The lowest BCUT2D eigenvalue weighted by atomic mass is 9.89. The van der Waals surface area contributed by atoms with Gasteiger partial charge in [0.1, 0.15) is 30.8 Å². The Morgan fingerprint density at radius 2 is 1.30 bits per heavy atom. The molecule has 0 spiro atoms. The minimum atomic E-state index is -1.13. The summed E-state index contributed by atoms with van der Waals surface area (Å²) in [5, 5.41) is 30.4. The molecule has 30 nitrogen and oxygen atoms in total. The molecule has 2 heterocycles. The molecule has 105 heavy (non-hydrogen) atoms. The van der Waals surface area contributed by atoms with Crippen LogP contribution in [0, 0.1) is 29.6 Å². The van der Waals surface area contributed by atoms with E-state index < -0.39 is 126 Å². The second kappa shape index (κ2) is 45.7. The Morgan fingerprint density at radius 3 is 1.90 bits per heavy atom. The third kappa shape index (κ3) is 28.7. The molecule has 2 aromatic carbocycles. The number of urea groups is 1. The number of rotatable bonds is 47. The summed E-state index contributed by atoms with van der Waals surface area (Å²) in [6.07, 6.45) is 3.44. The number of primary amides is 1. The quantitative estimate of drug-likeness (QED) is 0.0322. The number of carbonyl (C=O) groups excluding carboxylic acids is 12. The van der Waals surface area contributed by atoms with Gasteiger partial charge < -0.3 is 81.5 Å². The predicted molar refractivity (Wildman–Crippen MR) is 393 cm³/mol. The summed E-state index contributed by atoms with van der Waals surface area (Å²) < 4.78 is 28.8. The maximum Gasteiger partial charge on any atom is 0.410 e. The Labute approximate surface area is 618 Å². The molecule has 4 rings (SSSR count). The first kappa shape index (κ1) is 88.8. The zero-order valence-electron chi connectivity index (χ0n) is 63.9. The molecule has 12 atom stereocenters. The number of methoxy groups -OCH3 is 2. The minimum absolute atomic E-state index is 0.0208. The van der Waals surface area contributed by atoms with Gasteiger partial charge in [-0.05, 0) is 92.4 Å². The van der Waals surface area contributed by atoms with Crippen molar-refractivity contribution in [3.8, 4) is 0 Å². The third-order valence-electron chi connectivity index (χ3n) is 19.1. The van der Waals surface area contributed by atoms with E-state index in [-0.39, 0.29) is 107 Å². The molecule has 0 unspecified atom stereocenters. The van der Waals surface area contributed by atoms with Crippen molar-refractivity contribution < 1.29 is 86.3 Å². The van der Waals surface area contributed by atoms with E-state index in [1.165, 1.54) is 43.2 Å².